The summed E-state index contributed by atoms with van der Waals surface area (Å²) in [5, 5.41) is 3.13. The standard InChI is InChI=1S/C20H30ClN3O4/c1-19(2,3)27-17(25)22-16-13-14(7-8-15(16)21)23-9-11-24(12-10-23)18(26)28-20(4,5)6/h7-8,13H,9-12H2,1-6H3,(H,22,25). The molecule has 0 unspecified atom stereocenters. The predicted octanol–water partition coefficient (Wildman–Crippen LogP) is 4.74. The van der Waals surface area contributed by atoms with Gasteiger partial charge in [-0.05, 0) is 59.7 Å². The Kier molecular flexibility index (Phi) is 6.70. The molecule has 1 aliphatic rings. The lowest BCUT2D eigenvalue weighted by Crippen LogP contribution is -2.50. The summed E-state index contributed by atoms with van der Waals surface area (Å²) >= 11 is 6.22. The molecule has 1 heterocycles. The number of anilines is 2. The molecule has 0 bridgehead atoms. The number of nitrogens with zero attached hydrogens (tertiary/aromatic N) is 2. The SMILES string of the molecule is CC(C)(C)OC(=O)Nc1cc(N2CCN(C(=O)OC(C)(C)C)CC2)ccc1Cl. The summed E-state index contributed by atoms with van der Waals surface area (Å²) in [5.41, 5.74) is 0.306. The smallest absolute Gasteiger partial charge is 0.412 e. The van der Waals surface area contributed by atoms with Gasteiger partial charge >= 0.3 is 12.2 Å². The fourth-order valence-electron chi connectivity index (χ4n) is 2.69. The van der Waals surface area contributed by atoms with Gasteiger partial charge in [0.05, 0.1) is 10.7 Å². The first-order valence-corrected chi connectivity index (χ1v) is 9.74. The van der Waals surface area contributed by atoms with Crippen molar-refractivity contribution in [2.75, 3.05) is 36.4 Å². The van der Waals surface area contributed by atoms with Crippen LogP contribution in [0, 0.1) is 0 Å². The van der Waals surface area contributed by atoms with Crippen LogP contribution < -0.4 is 10.2 Å². The van der Waals surface area contributed by atoms with E-state index in [1.54, 1.807) is 31.7 Å². The van der Waals surface area contributed by atoms with Gasteiger partial charge in [0.15, 0.2) is 0 Å². The Morgan fingerprint density at radius 3 is 2.07 bits per heavy atom. The number of amides is 2. The number of carbonyl (C=O) groups excluding carboxylic acids is 2. The number of carbonyl (C=O) groups is 2. The van der Waals surface area contributed by atoms with Gasteiger partial charge in [-0.25, -0.2) is 9.59 Å². The summed E-state index contributed by atoms with van der Waals surface area (Å²) in [4.78, 5) is 28.1. The maximum Gasteiger partial charge on any atom is 0.412 e. The van der Waals surface area contributed by atoms with Crippen LogP contribution in [0.4, 0.5) is 21.0 Å². The highest BCUT2D eigenvalue weighted by atomic mass is 35.5. The van der Waals surface area contributed by atoms with Crippen LogP contribution in [0.3, 0.4) is 0 Å². The van der Waals surface area contributed by atoms with Crippen molar-refractivity contribution >= 4 is 35.2 Å². The lowest BCUT2D eigenvalue weighted by molar-refractivity contribution is 0.0240. The fraction of sp³-hybridized carbons (Fsp3) is 0.600. The van der Waals surface area contributed by atoms with Gasteiger partial charge in [0.2, 0.25) is 0 Å². The molecule has 0 spiro atoms. The number of hydrogen-bond donors (Lipinski definition) is 1. The van der Waals surface area contributed by atoms with E-state index in [4.69, 9.17) is 21.1 Å². The van der Waals surface area contributed by atoms with Crippen molar-refractivity contribution in [2.45, 2.75) is 52.7 Å². The van der Waals surface area contributed by atoms with E-state index in [1.165, 1.54) is 0 Å². The van der Waals surface area contributed by atoms with Crippen molar-refractivity contribution in [2.24, 2.45) is 0 Å². The summed E-state index contributed by atoms with van der Waals surface area (Å²) in [6.45, 7) is 13.4. The second-order valence-electron chi connectivity index (χ2n) is 8.75. The Morgan fingerprint density at radius 2 is 1.54 bits per heavy atom. The molecular weight excluding hydrogens is 382 g/mol. The molecule has 0 aromatic heterocycles. The molecule has 1 aromatic carbocycles. The van der Waals surface area contributed by atoms with Crippen molar-refractivity contribution in [3.63, 3.8) is 0 Å². The van der Waals surface area contributed by atoms with Crippen molar-refractivity contribution in [1.29, 1.82) is 0 Å². The van der Waals surface area contributed by atoms with Crippen LogP contribution in [-0.2, 0) is 9.47 Å². The van der Waals surface area contributed by atoms with E-state index in [9.17, 15) is 9.59 Å². The lowest BCUT2D eigenvalue weighted by Gasteiger charge is -2.37. The summed E-state index contributed by atoms with van der Waals surface area (Å²) in [5.74, 6) is 0. The molecule has 1 N–H and O–H groups in total. The third kappa shape index (κ3) is 6.78. The molecule has 0 saturated carbocycles. The molecular formula is C20H30ClN3O4. The minimum Gasteiger partial charge on any atom is -0.444 e. The van der Waals surface area contributed by atoms with Crippen molar-refractivity contribution in [3.05, 3.63) is 23.2 Å². The number of nitrogens with one attached hydrogen (secondary N) is 1. The fourth-order valence-corrected chi connectivity index (χ4v) is 2.86. The molecule has 2 amide bonds. The van der Waals surface area contributed by atoms with Crippen molar-refractivity contribution in [3.8, 4) is 0 Å². The zero-order valence-electron chi connectivity index (χ0n) is 17.5. The van der Waals surface area contributed by atoms with E-state index in [2.05, 4.69) is 10.2 Å². The van der Waals surface area contributed by atoms with E-state index >= 15 is 0 Å². The number of piperazine rings is 1. The van der Waals surface area contributed by atoms with E-state index in [-0.39, 0.29) is 6.09 Å². The van der Waals surface area contributed by atoms with E-state index in [0.29, 0.717) is 36.9 Å². The molecule has 1 saturated heterocycles. The monoisotopic (exact) mass is 411 g/mol. The van der Waals surface area contributed by atoms with Crippen LogP contribution in [0.1, 0.15) is 41.5 Å². The Balaban J connectivity index is 2.00. The van der Waals surface area contributed by atoms with Crippen LogP contribution in [0.25, 0.3) is 0 Å². The molecule has 0 atom stereocenters. The van der Waals surface area contributed by atoms with Gasteiger partial charge in [-0.3, -0.25) is 5.32 Å². The van der Waals surface area contributed by atoms with Crippen LogP contribution in [0.15, 0.2) is 18.2 Å². The van der Waals surface area contributed by atoms with Gasteiger partial charge in [0.1, 0.15) is 11.2 Å². The highest BCUT2D eigenvalue weighted by molar-refractivity contribution is 6.33. The number of benzene rings is 1. The van der Waals surface area contributed by atoms with Crippen LogP contribution in [-0.4, -0.2) is 54.5 Å². The van der Waals surface area contributed by atoms with Crippen molar-refractivity contribution < 1.29 is 19.1 Å². The average molecular weight is 412 g/mol. The second-order valence-corrected chi connectivity index (χ2v) is 9.15. The normalized spacial score (nSPS) is 15.2. The zero-order chi connectivity index (χ0) is 21.1. The first kappa shape index (κ1) is 22.1. The van der Waals surface area contributed by atoms with Gasteiger partial charge < -0.3 is 19.3 Å². The number of halogens is 1. The Labute approximate surface area is 171 Å². The quantitative estimate of drug-likeness (QED) is 0.760. The second kappa shape index (κ2) is 8.47. The van der Waals surface area contributed by atoms with Crippen LogP contribution in [0.2, 0.25) is 5.02 Å². The summed E-state index contributed by atoms with van der Waals surface area (Å²) in [6.07, 6.45) is -0.850. The van der Waals surface area contributed by atoms with E-state index in [0.717, 1.165) is 5.69 Å². The van der Waals surface area contributed by atoms with E-state index < -0.39 is 17.3 Å². The molecule has 2 rings (SSSR count). The number of hydrogen-bond acceptors (Lipinski definition) is 5. The number of rotatable bonds is 2. The van der Waals surface area contributed by atoms with Crippen LogP contribution >= 0.6 is 11.6 Å². The molecule has 28 heavy (non-hydrogen) atoms. The molecule has 7 nitrogen and oxygen atoms in total. The van der Waals surface area contributed by atoms with Gasteiger partial charge in [0, 0.05) is 31.9 Å². The first-order chi connectivity index (χ1) is 12.8. The average Bonchev–Trinajstić information content (AvgIpc) is 2.54. The molecule has 0 radical (unpaired) electrons. The van der Waals surface area contributed by atoms with Gasteiger partial charge in [-0.2, -0.15) is 0 Å². The molecule has 0 aliphatic carbocycles. The van der Waals surface area contributed by atoms with Crippen LogP contribution in [0.5, 0.6) is 0 Å². The van der Waals surface area contributed by atoms with Crippen molar-refractivity contribution in [1.82, 2.24) is 4.90 Å². The Morgan fingerprint density at radius 1 is 0.964 bits per heavy atom. The maximum absolute atomic E-state index is 12.2. The minimum atomic E-state index is -0.591. The molecule has 1 aromatic rings. The van der Waals surface area contributed by atoms with Gasteiger partial charge in [-0.1, -0.05) is 11.6 Å². The topological polar surface area (TPSA) is 71.1 Å². The summed E-state index contributed by atoms with van der Waals surface area (Å²) in [7, 11) is 0. The predicted molar refractivity (Wildman–Crippen MR) is 111 cm³/mol. The molecule has 1 aliphatic heterocycles. The maximum atomic E-state index is 12.2. The summed E-state index contributed by atoms with van der Waals surface area (Å²) in [6, 6.07) is 5.45. The third-order valence-electron chi connectivity index (χ3n) is 3.88. The molecule has 8 heteroatoms. The molecule has 156 valence electrons. The largest absolute Gasteiger partial charge is 0.444 e. The lowest BCUT2D eigenvalue weighted by atomic mass is 10.2. The molecule has 1 fully saturated rings. The van der Waals surface area contributed by atoms with Gasteiger partial charge in [0.25, 0.3) is 0 Å². The highest BCUT2D eigenvalue weighted by Gasteiger charge is 2.26. The third-order valence-corrected chi connectivity index (χ3v) is 4.21. The Hall–Kier alpha value is -2.15. The number of ether oxygens (including phenoxy) is 2. The first-order valence-electron chi connectivity index (χ1n) is 9.36. The van der Waals surface area contributed by atoms with Gasteiger partial charge in [-0.15, -0.1) is 0 Å². The minimum absolute atomic E-state index is 0.296. The summed E-state index contributed by atoms with van der Waals surface area (Å²) < 4.78 is 10.7. The highest BCUT2D eigenvalue weighted by Crippen LogP contribution is 2.29. The van der Waals surface area contributed by atoms with E-state index in [1.807, 2.05) is 32.9 Å². The Bertz CT molecular complexity index is 717. The zero-order valence-corrected chi connectivity index (χ0v) is 18.2.